The second-order valence-electron chi connectivity index (χ2n) is 6.89. The van der Waals surface area contributed by atoms with Crippen LogP contribution in [0.5, 0.6) is 0 Å². The number of nitrogens with one attached hydrogen (secondary N) is 1. The molecule has 0 aliphatic heterocycles. The molecule has 3 heterocycles. The van der Waals surface area contributed by atoms with Crippen LogP contribution in [-0.4, -0.2) is 20.4 Å². The Bertz CT molecular complexity index is 1360. The van der Waals surface area contributed by atoms with E-state index < -0.39 is 10.8 Å². The summed E-state index contributed by atoms with van der Waals surface area (Å²) < 4.78 is 1.27. The van der Waals surface area contributed by atoms with Gasteiger partial charge in [0.1, 0.15) is 11.4 Å². The number of thiophene rings is 2. The van der Waals surface area contributed by atoms with Crippen LogP contribution in [0.25, 0.3) is 20.7 Å². The van der Waals surface area contributed by atoms with Crippen LogP contribution in [0.3, 0.4) is 0 Å². The predicted octanol–water partition coefficient (Wildman–Crippen LogP) is 4.60. The molecule has 0 radical (unpaired) electrons. The molecular formula is C21H18N4O4S2. The van der Waals surface area contributed by atoms with Crippen LogP contribution in [0, 0.1) is 17.0 Å². The second kappa shape index (κ2) is 8.40. The van der Waals surface area contributed by atoms with Crippen molar-refractivity contribution in [2.45, 2.75) is 26.8 Å². The molecule has 3 aromatic heterocycles. The maximum absolute atomic E-state index is 13.2. The summed E-state index contributed by atoms with van der Waals surface area (Å²) >= 11 is 3.05. The van der Waals surface area contributed by atoms with Crippen molar-refractivity contribution in [3.63, 3.8) is 0 Å². The summed E-state index contributed by atoms with van der Waals surface area (Å²) in [6.45, 7) is 3.53. The minimum absolute atomic E-state index is 0.118. The zero-order valence-electron chi connectivity index (χ0n) is 16.7. The average molecular weight is 455 g/mol. The molecule has 4 rings (SSSR count). The summed E-state index contributed by atoms with van der Waals surface area (Å²) in [7, 11) is 0. The molecule has 0 aliphatic carbocycles. The van der Waals surface area contributed by atoms with Gasteiger partial charge in [-0.3, -0.25) is 24.3 Å². The zero-order valence-corrected chi connectivity index (χ0v) is 18.4. The van der Waals surface area contributed by atoms with E-state index >= 15 is 0 Å². The topological polar surface area (TPSA) is 107 Å². The summed E-state index contributed by atoms with van der Waals surface area (Å²) in [5.41, 5.74) is 1.51. The van der Waals surface area contributed by atoms with Gasteiger partial charge in [0.25, 0.3) is 11.2 Å². The minimum atomic E-state index is -0.522. The molecule has 8 nitrogen and oxygen atoms in total. The van der Waals surface area contributed by atoms with Crippen molar-refractivity contribution < 1.29 is 9.72 Å². The first kappa shape index (κ1) is 20.9. The lowest BCUT2D eigenvalue weighted by molar-refractivity contribution is -0.384. The fourth-order valence-corrected chi connectivity index (χ4v) is 5.27. The molecule has 1 amide bonds. The molecule has 0 aliphatic rings. The molecule has 0 unspecified atom stereocenters. The highest BCUT2D eigenvalue weighted by atomic mass is 32.1. The number of aryl methyl sites for hydroxylation is 2. The van der Waals surface area contributed by atoms with Crippen LogP contribution < -0.4 is 10.9 Å². The Balaban J connectivity index is 1.68. The Kier molecular flexibility index (Phi) is 5.66. The number of amides is 1. The number of nitro groups is 1. The van der Waals surface area contributed by atoms with Gasteiger partial charge in [0.2, 0.25) is 5.91 Å². The van der Waals surface area contributed by atoms with Crippen LogP contribution >= 0.6 is 22.7 Å². The first-order valence-electron chi connectivity index (χ1n) is 9.48. The highest BCUT2D eigenvalue weighted by Gasteiger charge is 2.20. The van der Waals surface area contributed by atoms with Crippen molar-refractivity contribution in [3.05, 3.63) is 72.9 Å². The maximum atomic E-state index is 13.2. The van der Waals surface area contributed by atoms with Crippen molar-refractivity contribution in [2.24, 2.45) is 0 Å². The molecule has 10 heteroatoms. The summed E-state index contributed by atoms with van der Waals surface area (Å²) in [6, 6.07) is 8.16. The number of aromatic nitrogens is 2. The third kappa shape index (κ3) is 3.99. The maximum Gasteiger partial charge on any atom is 0.271 e. The van der Waals surface area contributed by atoms with Crippen LogP contribution in [0.2, 0.25) is 0 Å². The van der Waals surface area contributed by atoms with Crippen LogP contribution in [0.15, 0.2) is 46.8 Å². The van der Waals surface area contributed by atoms with E-state index in [4.69, 9.17) is 0 Å². The molecular weight excluding hydrogens is 436 g/mol. The molecule has 0 spiro atoms. The Morgan fingerprint density at radius 2 is 2.13 bits per heavy atom. The first-order valence-corrected chi connectivity index (χ1v) is 11.2. The van der Waals surface area contributed by atoms with E-state index in [2.05, 4.69) is 10.3 Å². The minimum Gasteiger partial charge on any atom is -0.324 e. The van der Waals surface area contributed by atoms with E-state index in [0.717, 1.165) is 21.7 Å². The van der Waals surface area contributed by atoms with E-state index in [0.29, 0.717) is 21.5 Å². The van der Waals surface area contributed by atoms with Gasteiger partial charge in [-0.1, -0.05) is 19.1 Å². The van der Waals surface area contributed by atoms with E-state index in [1.165, 1.54) is 34.4 Å². The van der Waals surface area contributed by atoms with Gasteiger partial charge < -0.3 is 5.32 Å². The fraction of sp³-hybridized carbons (Fsp3) is 0.190. The summed E-state index contributed by atoms with van der Waals surface area (Å²) in [5.74, 6) is -0.463. The van der Waals surface area contributed by atoms with Gasteiger partial charge in [0.05, 0.1) is 22.3 Å². The van der Waals surface area contributed by atoms with Crippen molar-refractivity contribution in [2.75, 3.05) is 5.32 Å². The molecule has 1 N–H and O–H groups in total. The summed E-state index contributed by atoms with van der Waals surface area (Å²) in [5, 5.41) is 16.1. The molecule has 31 heavy (non-hydrogen) atoms. The highest BCUT2D eigenvalue weighted by Crippen LogP contribution is 2.38. The van der Waals surface area contributed by atoms with Crippen molar-refractivity contribution in [3.8, 4) is 10.4 Å². The van der Waals surface area contributed by atoms with E-state index in [1.807, 2.05) is 24.4 Å². The van der Waals surface area contributed by atoms with Gasteiger partial charge in [-0.15, -0.1) is 22.7 Å². The number of benzene rings is 1. The predicted molar refractivity (Wildman–Crippen MR) is 123 cm³/mol. The van der Waals surface area contributed by atoms with Crippen LogP contribution in [0.4, 0.5) is 11.4 Å². The standard InChI is InChI=1S/C21H18N4O4S2/c1-3-15-18(16-5-4-8-30-16)19-20(31-15)22-11-24(21(19)27)10-17(26)23-14-9-13(25(28)29)7-6-12(14)2/h4-9,11H,3,10H2,1-2H3,(H,23,26). The number of hydrogen-bond donors (Lipinski definition) is 1. The molecule has 0 atom stereocenters. The van der Waals surface area contributed by atoms with Crippen molar-refractivity contribution in [1.29, 1.82) is 0 Å². The molecule has 1 aromatic carbocycles. The quantitative estimate of drug-likeness (QED) is 0.338. The van der Waals surface area contributed by atoms with Gasteiger partial charge in [-0.05, 0) is 30.4 Å². The summed E-state index contributed by atoms with van der Waals surface area (Å²) in [4.78, 5) is 43.5. The van der Waals surface area contributed by atoms with Crippen molar-refractivity contribution >= 4 is 50.2 Å². The molecule has 158 valence electrons. The smallest absolute Gasteiger partial charge is 0.271 e. The fourth-order valence-electron chi connectivity index (χ4n) is 3.32. The van der Waals surface area contributed by atoms with Gasteiger partial charge >= 0.3 is 0 Å². The molecule has 0 fully saturated rings. The van der Waals surface area contributed by atoms with Gasteiger partial charge in [-0.2, -0.15) is 0 Å². The lowest BCUT2D eigenvalue weighted by Gasteiger charge is -2.10. The Morgan fingerprint density at radius 3 is 2.81 bits per heavy atom. The lowest BCUT2D eigenvalue weighted by atomic mass is 10.1. The number of carbonyl (C=O) groups is 1. The van der Waals surface area contributed by atoms with E-state index in [9.17, 15) is 19.7 Å². The van der Waals surface area contributed by atoms with Crippen molar-refractivity contribution in [1.82, 2.24) is 9.55 Å². The number of nitro benzene ring substituents is 1. The number of nitrogens with zero attached hydrogens (tertiary/aromatic N) is 3. The number of fused-ring (bicyclic) bond motifs is 1. The second-order valence-corrected chi connectivity index (χ2v) is 8.92. The number of rotatable bonds is 6. The third-order valence-corrected chi connectivity index (χ3v) is 6.99. The van der Waals surface area contributed by atoms with Gasteiger partial charge in [-0.25, -0.2) is 4.98 Å². The summed E-state index contributed by atoms with van der Waals surface area (Å²) in [6.07, 6.45) is 2.15. The Labute approximate surface area is 185 Å². The monoisotopic (exact) mass is 454 g/mol. The van der Waals surface area contributed by atoms with Gasteiger partial charge in [0, 0.05) is 27.5 Å². The third-order valence-electron chi connectivity index (χ3n) is 4.86. The molecule has 0 saturated heterocycles. The van der Waals surface area contributed by atoms with E-state index in [-0.39, 0.29) is 17.8 Å². The number of carbonyl (C=O) groups excluding carboxylic acids is 1. The average Bonchev–Trinajstić information content (AvgIpc) is 3.39. The lowest BCUT2D eigenvalue weighted by Crippen LogP contribution is -2.28. The number of anilines is 1. The molecule has 0 bridgehead atoms. The first-order chi connectivity index (χ1) is 14.9. The number of hydrogen-bond acceptors (Lipinski definition) is 7. The Morgan fingerprint density at radius 1 is 1.32 bits per heavy atom. The molecule has 0 saturated carbocycles. The largest absolute Gasteiger partial charge is 0.324 e. The Hall–Kier alpha value is -3.37. The highest BCUT2D eigenvalue weighted by molar-refractivity contribution is 7.20. The normalized spacial score (nSPS) is 11.0. The SMILES string of the molecule is CCc1sc2ncn(CC(=O)Nc3cc([N+](=O)[O-])ccc3C)c(=O)c2c1-c1cccs1. The van der Waals surface area contributed by atoms with E-state index in [1.54, 1.807) is 24.3 Å². The zero-order chi connectivity index (χ0) is 22.1. The van der Waals surface area contributed by atoms with Gasteiger partial charge in [0.15, 0.2) is 0 Å². The van der Waals surface area contributed by atoms with Crippen LogP contribution in [-0.2, 0) is 17.8 Å². The molecule has 4 aromatic rings. The van der Waals surface area contributed by atoms with Crippen LogP contribution in [0.1, 0.15) is 17.4 Å². The number of non-ortho nitro benzene ring substituents is 1.